The maximum absolute atomic E-state index is 6.72. The molecular weight excluding hydrogens is 306 g/mol. The Morgan fingerprint density at radius 1 is 0.880 bits per heavy atom. The van der Waals surface area contributed by atoms with E-state index in [1.165, 1.54) is 29.5 Å². The number of nitrogens with two attached hydrogens (primary N) is 1. The van der Waals surface area contributed by atoms with E-state index in [4.69, 9.17) is 10.5 Å². The number of ether oxygens (including phenoxy) is 1. The van der Waals surface area contributed by atoms with Gasteiger partial charge in [-0.15, -0.1) is 0 Å². The number of hydrogen-bond donors (Lipinski definition) is 1. The summed E-state index contributed by atoms with van der Waals surface area (Å²) >= 11 is 0. The lowest BCUT2D eigenvalue weighted by molar-refractivity contribution is -0.175. The van der Waals surface area contributed by atoms with Crippen molar-refractivity contribution in [2.75, 3.05) is 0 Å². The van der Waals surface area contributed by atoms with Crippen LogP contribution in [0.5, 0.6) is 0 Å². The SMILES string of the molecule is CC1(C)/C(=C2\CCCCC2N)OC1(c1ccccc1)c1ccccc1. The summed E-state index contributed by atoms with van der Waals surface area (Å²) in [6.45, 7) is 4.61. The van der Waals surface area contributed by atoms with Gasteiger partial charge in [0, 0.05) is 17.2 Å². The number of hydrogen-bond acceptors (Lipinski definition) is 2. The van der Waals surface area contributed by atoms with Crippen molar-refractivity contribution >= 4 is 0 Å². The zero-order valence-electron chi connectivity index (χ0n) is 15.2. The minimum atomic E-state index is -0.449. The molecule has 1 saturated heterocycles. The average Bonchev–Trinajstić information content (AvgIpc) is 2.64. The van der Waals surface area contributed by atoms with Crippen molar-refractivity contribution < 1.29 is 4.74 Å². The summed E-state index contributed by atoms with van der Waals surface area (Å²) in [6, 6.07) is 21.4. The molecule has 2 aromatic rings. The van der Waals surface area contributed by atoms with Gasteiger partial charge in [-0.1, -0.05) is 67.1 Å². The van der Waals surface area contributed by atoms with Crippen LogP contribution in [0, 0.1) is 5.41 Å². The highest BCUT2D eigenvalue weighted by molar-refractivity contribution is 5.48. The molecule has 1 heterocycles. The van der Waals surface area contributed by atoms with Gasteiger partial charge in [0.05, 0.1) is 5.41 Å². The predicted molar refractivity (Wildman–Crippen MR) is 102 cm³/mol. The van der Waals surface area contributed by atoms with Gasteiger partial charge in [-0.2, -0.15) is 0 Å². The molecule has 1 saturated carbocycles. The first-order valence-electron chi connectivity index (χ1n) is 9.36. The second-order valence-electron chi connectivity index (χ2n) is 7.85. The van der Waals surface area contributed by atoms with Gasteiger partial charge < -0.3 is 10.5 Å². The molecular formula is C23H27NO. The van der Waals surface area contributed by atoms with E-state index in [0.717, 1.165) is 18.6 Å². The van der Waals surface area contributed by atoms with Crippen molar-refractivity contribution in [2.45, 2.75) is 51.2 Å². The molecule has 0 spiro atoms. The smallest absolute Gasteiger partial charge is 0.171 e. The fourth-order valence-electron chi connectivity index (χ4n) is 4.66. The van der Waals surface area contributed by atoms with E-state index in [2.05, 4.69) is 74.5 Å². The Hall–Kier alpha value is -2.06. The lowest BCUT2D eigenvalue weighted by Crippen LogP contribution is -2.57. The van der Waals surface area contributed by atoms with E-state index in [1.807, 2.05) is 0 Å². The topological polar surface area (TPSA) is 35.2 Å². The maximum atomic E-state index is 6.72. The summed E-state index contributed by atoms with van der Waals surface area (Å²) in [5.41, 5.74) is 9.61. The minimum absolute atomic E-state index is 0.125. The zero-order chi connectivity index (χ0) is 17.5. The maximum Gasteiger partial charge on any atom is 0.171 e. The molecule has 2 N–H and O–H groups in total. The minimum Gasteiger partial charge on any atom is -0.480 e. The summed E-state index contributed by atoms with van der Waals surface area (Å²) in [5, 5.41) is 0. The molecule has 2 aromatic carbocycles. The summed E-state index contributed by atoms with van der Waals surface area (Å²) in [4.78, 5) is 0. The molecule has 2 heteroatoms. The van der Waals surface area contributed by atoms with Crippen LogP contribution in [-0.4, -0.2) is 6.04 Å². The average molecular weight is 333 g/mol. The lowest BCUT2D eigenvalue weighted by Gasteiger charge is -2.59. The van der Waals surface area contributed by atoms with Crippen molar-refractivity contribution in [3.63, 3.8) is 0 Å². The highest BCUT2D eigenvalue weighted by Crippen LogP contribution is 2.63. The van der Waals surface area contributed by atoms with Crippen molar-refractivity contribution in [2.24, 2.45) is 11.1 Å². The van der Waals surface area contributed by atoms with E-state index in [0.29, 0.717) is 0 Å². The predicted octanol–water partition coefficient (Wildman–Crippen LogP) is 5.14. The fourth-order valence-corrected chi connectivity index (χ4v) is 4.66. The van der Waals surface area contributed by atoms with E-state index in [1.54, 1.807) is 0 Å². The van der Waals surface area contributed by atoms with Gasteiger partial charge in [0.15, 0.2) is 5.60 Å². The van der Waals surface area contributed by atoms with Gasteiger partial charge in [0.25, 0.3) is 0 Å². The van der Waals surface area contributed by atoms with Crippen LogP contribution in [0.4, 0.5) is 0 Å². The van der Waals surface area contributed by atoms with Crippen molar-refractivity contribution in [1.29, 1.82) is 0 Å². The van der Waals surface area contributed by atoms with Gasteiger partial charge in [-0.3, -0.25) is 0 Å². The van der Waals surface area contributed by atoms with Crippen LogP contribution in [0.3, 0.4) is 0 Å². The molecule has 1 aliphatic heterocycles. The standard InChI is InChI=1S/C23H27NO/c1-22(2)21(19-15-9-10-16-20(19)24)25-23(22,17-11-5-3-6-12-17)18-13-7-4-8-14-18/h3-8,11-14,20H,9-10,15-16,24H2,1-2H3/b21-19-. The van der Waals surface area contributed by atoms with Gasteiger partial charge in [0.1, 0.15) is 5.76 Å². The normalized spacial score (nSPS) is 27.2. The van der Waals surface area contributed by atoms with E-state index >= 15 is 0 Å². The Kier molecular flexibility index (Phi) is 3.96. The Labute approximate surface area is 150 Å². The Morgan fingerprint density at radius 3 is 1.92 bits per heavy atom. The van der Waals surface area contributed by atoms with Gasteiger partial charge in [-0.25, -0.2) is 0 Å². The molecule has 2 fully saturated rings. The van der Waals surface area contributed by atoms with Gasteiger partial charge in [-0.05, 0) is 38.7 Å². The van der Waals surface area contributed by atoms with Crippen LogP contribution < -0.4 is 5.73 Å². The molecule has 25 heavy (non-hydrogen) atoms. The third-order valence-corrected chi connectivity index (χ3v) is 6.01. The molecule has 4 rings (SSSR count). The molecule has 0 radical (unpaired) electrons. The quantitative estimate of drug-likeness (QED) is 0.825. The first-order valence-corrected chi connectivity index (χ1v) is 9.36. The van der Waals surface area contributed by atoms with Crippen LogP contribution in [0.25, 0.3) is 0 Å². The first-order chi connectivity index (χ1) is 12.1. The van der Waals surface area contributed by atoms with Crippen LogP contribution >= 0.6 is 0 Å². The van der Waals surface area contributed by atoms with Crippen LogP contribution in [0.15, 0.2) is 72.0 Å². The molecule has 0 aromatic heterocycles. The third-order valence-electron chi connectivity index (χ3n) is 6.01. The Bertz CT molecular complexity index is 737. The Morgan fingerprint density at radius 2 is 1.44 bits per heavy atom. The molecule has 1 atom stereocenters. The molecule has 2 aliphatic rings. The van der Waals surface area contributed by atoms with Crippen LogP contribution in [0.2, 0.25) is 0 Å². The van der Waals surface area contributed by atoms with Crippen molar-refractivity contribution in [3.8, 4) is 0 Å². The molecule has 1 unspecified atom stereocenters. The molecule has 1 aliphatic carbocycles. The largest absolute Gasteiger partial charge is 0.480 e. The Balaban J connectivity index is 1.86. The summed E-state index contributed by atoms with van der Waals surface area (Å²) in [6.07, 6.45) is 4.58. The van der Waals surface area contributed by atoms with E-state index in [-0.39, 0.29) is 11.5 Å². The van der Waals surface area contributed by atoms with E-state index in [9.17, 15) is 0 Å². The molecule has 130 valence electrons. The highest BCUT2D eigenvalue weighted by atomic mass is 16.5. The fraction of sp³-hybridized carbons (Fsp3) is 0.391. The highest BCUT2D eigenvalue weighted by Gasteiger charge is 2.63. The molecule has 2 nitrogen and oxygen atoms in total. The van der Waals surface area contributed by atoms with Gasteiger partial charge in [0.2, 0.25) is 0 Å². The number of benzene rings is 2. The summed E-state index contributed by atoms with van der Waals surface area (Å²) in [7, 11) is 0. The van der Waals surface area contributed by atoms with Crippen LogP contribution in [-0.2, 0) is 10.3 Å². The second kappa shape index (κ2) is 6.03. The summed E-state index contributed by atoms with van der Waals surface area (Å²) < 4.78 is 6.72. The molecule has 0 amide bonds. The monoisotopic (exact) mass is 333 g/mol. The lowest BCUT2D eigenvalue weighted by atomic mass is 9.59. The van der Waals surface area contributed by atoms with Crippen molar-refractivity contribution in [3.05, 3.63) is 83.1 Å². The zero-order valence-corrected chi connectivity index (χ0v) is 15.2. The van der Waals surface area contributed by atoms with Crippen LogP contribution in [0.1, 0.15) is 50.7 Å². The second-order valence-corrected chi connectivity index (χ2v) is 7.85. The number of rotatable bonds is 2. The third kappa shape index (κ3) is 2.35. The summed E-state index contributed by atoms with van der Waals surface area (Å²) in [5.74, 6) is 1.12. The van der Waals surface area contributed by atoms with Crippen molar-refractivity contribution in [1.82, 2.24) is 0 Å². The first kappa shape index (κ1) is 16.4. The van der Waals surface area contributed by atoms with Gasteiger partial charge >= 0.3 is 0 Å². The molecule has 0 bridgehead atoms. The van der Waals surface area contributed by atoms with E-state index < -0.39 is 5.60 Å².